The number of allylic oxidation sites excluding steroid dienone is 5. The minimum Gasteiger partial charge on any atom is -0.372 e. The molecule has 1 aromatic carbocycles. The van der Waals surface area contributed by atoms with E-state index in [1.807, 2.05) is 0 Å². The topological polar surface area (TPSA) is 52.5 Å². The van der Waals surface area contributed by atoms with Crippen molar-refractivity contribution in [3.8, 4) is 0 Å². The number of H-pyrrole nitrogens is 1. The van der Waals surface area contributed by atoms with Crippen LogP contribution in [0.1, 0.15) is 24.5 Å². The SMILES string of the molecule is CCc1ccccc1C12C=C3C=CC(=N3)C=c3ccc([nH]3)=CC3=NC(=CC(=CC1)N2)C=C3. The molecule has 4 nitrogen and oxygen atoms in total. The predicted octanol–water partition coefficient (Wildman–Crippen LogP) is 3.71. The Hall–Kier alpha value is -3.92. The number of hydrogen-bond acceptors (Lipinski definition) is 3. The summed E-state index contributed by atoms with van der Waals surface area (Å²) in [5.41, 5.74) is 7.22. The van der Waals surface area contributed by atoms with Crippen molar-refractivity contribution in [2.75, 3.05) is 0 Å². The minimum atomic E-state index is -0.338. The molecule has 156 valence electrons. The van der Waals surface area contributed by atoms with E-state index in [1.54, 1.807) is 0 Å². The standard InChI is InChI=1S/C28H24N4/c1-2-19-5-3-4-6-27(19)28-14-13-25(32-28)17-24-10-9-21(30-24)15-20-7-8-22(29-20)16-23-11-12-26(18-28)31-23/h3-13,15-18,29,32H,2,14H2,1H3. The summed E-state index contributed by atoms with van der Waals surface area (Å²) in [6.45, 7) is 2.21. The second-order valence-electron chi connectivity index (χ2n) is 8.51. The van der Waals surface area contributed by atoms with Crippen LogP contribution in [0.4, 0.5) is 0 Å². The summed E-state index contributed by atoms with van der Waals surface area (Å²) < 4.78 is 0. The number of aliphatic imine (C=N–C) groups is 2. The molecule has 1 aromatic heterocycles. The minimum absolute atomic E-state index is 0.338. The summed E-state index contributed by atoms with van der Waals surface area (Å²) in [6, 6.07) is 12.9. The first-order chi connectivity index (χ1) is 15.7. The van der Waals surface area contributed by atoms with E-state index in [-0.39, 0.29) is 5.54 Å². The molecule has 0 radical (unpaired) electrons. The van der Waals surface area contributed by atoms with E-state index < -0.39 is 0 Å². The van der Waals surface area contributed by atoms with E-state index in [2.05, 4.69) is 108 Å². The zero-order chi connectivity index (χ0) is 21.5. The fourth-order valence-corrected chi connectivity index (χ4v) is 4.78. The van der Waals surface area contributed by atoms with Crippen LogP contribution in [0, 0.1) is 0 Å². The maximum Gasteiger partial charge on any atom is 0.0871 e. The maximum absolute atomic E-state index is 4.90. The summed E-state index contributed by atoms with van der Waals surface area (Å²) in [7, 11) is 0. The first-order valence-electron chi connectivity index (χ1n) is 11.1. The number of aromatic amines is 1. The molecule has 1 atom stereocenters. The lowest BCUT2D eigenvalue weighted by molar-refractivity contribution is 0.499. The van der Waals surface area contributed by atoms with E-state index in [0.717, 1.165) is 52.1 Å². The van der Waals surface area contributed by atoms with Gasteiger partial charge in [0, 0.05) is 16.4 Å². The zero-order valence-corrected chi connectivity index (χ0v) is 18.0. The molecule has 6 rings (SSSR count). The van der Waals surface area contributed by atoms with Crippen LogP contribution in [0.2, 0.25) is 0 Å². The van der Waals surface area contributed by atoms with Gasteiger partial charge in [0.25, 0.3) is 0 Å². The molecule has 0 aliphatic carbocycles. The van der Waals surface area contributed by atoms with Gasteiger partial charge in [-0.2, -0.15) is 0 Å². The fraction of sp³-hybridized carbons (Fsp3) is 0.143. The molecule has 0 saturated carbocycles. The molecule has 32 heavy (non-hydrogen) atoms. The molecule has 0 fully saturated rings. The van der Waals surface area contributed by atoms with Crippen LogP contribution >= 0.6 is 0 Å². The monoisotopic (exact) mass is 416 g/mol. The van der Waals surface area contributed by atoms with Crippen LogP contribution in [0.25, 0.3) is 12.2 Å². The van der Waals surface area contributed by atoms with Gasteiger partial charge in [-0.05, 0) is 84.7 Å². The Labute approximate surface area is 187 Å². The van der Waals surface area contributed by atoms with Gasteiger partial charge < -0.3 is 10.3 Å². The van der Waals surface area contributed by atoms with Gasteiger partial charge in [0.15, 0.2) is 0 Å². The van der Waals surface area contributed by atoms with Crippen LogP contribution in [0.3, 0.4) is 0 Å². The number of hydrogen-bond donors (Lipinski definition) is 2. The van der Waals surface area contributed by atoms with Crippen LogP contribution in [0.5, 0.6) is 0 Å². The Bertz CT molecular complexity index is 1450. The molecule has 0 spiro atoms. The zero-order valence-electron chi connectivity index (χ0n) is 18.0. The largest absolute Gasteiger partial charge is 0.372 e. The van der Waals surface area contributed by atoms with E-state index in [4.69, 9.17) is 9.98 Å². The third-order valence-electron chi connectivity index (χ3n) is 6.29. The Morgan fingerprint density at radius 2 is 1.56 bits per heavy atom. The predicted molar refractivity (Wildman–Crippen MR) is 132 cm³/mol. The molecule has 4 aliphatic heterocycles. The fourth-order valence-electron chi connectivity index (χ4n) is 4.78. The third-order valence-corrected chi connectivity index (χ3v) is 6.29. The second kappa shape index (κ2) is 7.34. The van der Waals surface area contributed by atoms with Crippen molar-refractivity contribution in [3.63, 3.8) is 0 Å². The van der Waals surface area contributed by atoms with Crippen molar-refractivity contribution in [1.82, 2.24) is 10.3 Å². The summed E-state index contributed by atoms with van der Waals surface area (Å²) in [5, 5.41) is 5.87. The molecule has 0 saturated heterocycles. The van der Waals surface area contributed by atoms with Crippen LogP contribution in [-0.4, -0.2) is 16.4 Å². The Morgan fingerprint density at radius 1 is 0.844 bits per heavy atom. The van der Waals surface area contributed by atoms with Gasteiger partial charge >= 0.3 is 0 Å². The summed E-state index contributed by atoms with van der Waals surface area (Å²) in [4.78, 5) is 13.1. The lowest BCUT2D eigenvalue weighted by Crippen LogP contribution is -2.36. The average Bonchev–Trinajstić information content (AvgIpc) is 3.59. The molecule has 0 amide bonds. The summed E-state index contributed by atoms with van der Waals surface area (Å²) in [5.74, 6) is 0. The van der Waals surface area contributed by atoms with Crippen LogP contribution in [0.15, 0.2) is 106 Å². The second-order valence-corrected chi connectivity index (χ2v) is 8.51. The third kappa shape index (κ3) is 3.34. The van der Waals surface area contributed by atoms with Crippen LogP contribution < -0.4 is 16.0 Å². The number of rotatable bonds is 2. The highest BCUT2D eigenvalue weighted by molar-refractivity contribution is 6.20. The molecule has 4 aliphatic rings. The molecule has 8 bridgehead atoms. The van der Waals surface area contributed by atoms with E-state index in [0.29, 0.717) is 0 Å². The summed E-state index contributed by atoms with van der Waals surface area (Å²) >= 11 is 0. The van der Waals surface area contributed by atoms with Crippen molar-refractivity contribution in [2.24, 2.45) is 9.98 Å². The number of nitrogens with one attached hydrogen (secondary N) is 2. The van der Waals surface area contributed by atoms with E-state index >= 15 is 0 Å². The average molecular weight is 417 g/mol. The molecule has 4 heteroatoms. The van der Waals surface area contributed by atoms with E-state index in [9.17, 15) is 0 Å². The molecular weight excluding hydrogens is 392 g/mol. The quantitative estimate of drug-likeness (QED) is 0.770. The molecular formula is C28H24N4. The Morgan fingerprint density at radius 3 is 2.34 bits per heavy atom. The number of nitrogens with zero attached hydrogens (tertiary/aromatic N) is 2. The molecule has 5 heterocycles. The van der Waals surface area contributed by atoms with Crippen molar-refractivity contribution in [3.05, 3.63) is 118 Å². The number of fused-ring (bicyclic) bond motifs is 6. The smallest absolute Gasteiger partial charge is 0.0871 e. The Balaban J connectivity index is 1.54. The van der Waals surface area contributed by atoms with Gasteiger partial charge in [-0.15, -0.1) is 0 Å². The lowest BCUT2D eigenvalue weighted by atomic mass is 9.83. The van der Waals surface area contributed by atoms with E-state index in [1.165, 1.54) is 11.1 Å². The van der Waals surface area contributed by atoms with Gasteiger partial charge in [0.05, 0.1) is 28.4 Å². The van der Waals surface area contributed by atoms with Crippen LogP contribution in [-0.2, 0) is 12.0 Å². The van der Waals surface area contributed by atoms with Gasteiger partial charge in [-0.1, -0.05) is 37.3 Å². The highest BCUT2D eigenvalue weighted by Gasteiger charge is 2.35. The lowest BCUT2D eigenvalue weighted by Gasteiger charge is -2.31. The molecule has 2 aromatic rings. The maximum atomic E-state index is 4.90. The molecule has 1 unspecified atom stereocenters. The first kappa shape index (κ1) is 18.8. The summed E-state index contributed by atoms with van der Waals surface area (Å²) in [6.07, 6.45) is 21.0. The van der Waals surface area contributed by atoms with Crippen molar-refractivity contribution in [2.45, 2.75) is 25.3 Å². The number of benzene rings is 1. The normalized spacial score (nSPS) is 22.8. The van der Waals surface area contributed by atoms with Crippen molar-refractivity contribution in [1.29, 1.82) is 0 Å². The van der Waals surface area contributed by atoms with Gasteiger partial charge in [-0.3, -0.25) is 0 Å². The van der Waals surface area contributed by atoms with Gasteiger partial charge in [-0.25, -0.2) is 9.98 Å². The van der Waals surface area contributed by atoms with Gasteiger partial charge in [0.1, 0.15) is 0 Å². The number of aromatic nitrogens is 1. The first-order valence-corrected chi connectivity index (χ1v) is 11.1. The highest BCUT2D eigenvalue weighted by atomic mass is 15.0. The Kier molecular flexibility index (Phi) is 4.32. The van der Waals surface area contributed by atoms with Crippen molar-refractivity contribution < 1.29 is 0 Å². The van der Waals surface area contributed by atoms with Crippen molar-refractivity contribution >= 4 is 23.6 Å². The molecule has 2 N–H and O–H groups in total. The van der Waals surface area contributed by atoms with Gasteiger partial charge in [0.2, 0.25) is 0 Å². The highest BCUT2D eigenvalue weighted by Crippen LogP contribution is 2.38. The number of aryl methyl sites for hydroxylation is 1.